The summed E-state index contributed by atoms with van der Waals surface area (Å²) in [5.41, 5.74) is 1.58. The van der Waals surface area contributed by atoms with Crippen LogP contribution < -0.4 is 5.32 Å². The van der Waals surface area contributed by atoms with E-state index in [9.17, 15) is 4.79 Å². The van der Waals surface area contributed by atoms with Gasteiger partial charge in [0.25, 0.3) is 5.91 Å². The number of rotatable bonds is 4. The van der Waals surface area contributed by atoms with Gasteiger partial charge in [-0.15, -0.1) is 0 Å². The third-order valence-corrected chi connectivity index (χ3v) is 3.64. The van der Waals surface area contributed by atoms with E-state index in [0.717, 1.165) is 17.3 Å². The summed E-state index contributed by atoms with van der Waals surface area (Å²) in [5, 5.41) is 4.32. The van der Waals surface area contributed by atoms with Gasteiger partial charge in [0.2, 0.25) is 0 Å². The van der Waals surface area contributed by atoms with Crippen LogP contribution in [-0.2, 0) is 0 Å². The van der Waals surface area contributed by atoms with Crippen molar-refractivity contribution in [3.05, 3.63) is 34.3 Å². The molecule has 0 aliphatic heterocycles. The first-order chi connectivity index (χ1) is 7.58. The summed E-state index contributed by atoms with van der Waals surface area (Å²) in [6, 6.07) is 5.50. The minimum Gasteiger partial charge on any atom is -0.348 e. The number of nitrogens with one attached hydrogen (secondary N) is 1. The van der Waals surface area contributed by atoms with Crippen LogP contribution in [0.5, 0.6) is 0 Å². The van der Waals surface area contributed by atoms with Crippen LogP contribution in [0.2, 0.25) is 5.02 Å². The van der Waals surface area contributed by atoms with Crippen LogP contribution in [0.15, 0.2) is 18.2 Å². The fourth-order valence-corrected chi connectivity index (χ4v) is 2.05. The summed E-state index contributed by atoms with van der Waals surface area (Å²) in [4.78, 5) is 11.8. The predicted octanol–water partition coefficient (Wildman–Crippen LogP) is 3.55. The standard InChI is InChI=1S/C12H15BrClNO/c1-3-10(7-13)15-12(16)9-5-4-8(2)11(14)6-9/h4-6,10H,3,7H2,1-2H3,(H,15,16). The average molecular weight is 305 g/mol. The maximum absolute atomic E-state index is 11.8. The van der Waals surface area contributed by atoms with Crippen LogP contribution in [0.4, 0.5) is 0 Å². The van der Waals surface area contributed by atoms with E-state index in [2.05, 4.69) is 21.2 Å². The normalized spacial score (nSPS) is 12.2. The molecule has 0 fully saturated rings. The fourth-order valence-electron chi connectivity index (χ4n) is 1.25. The lowest BCUT2D eigenvalue weighted by Crippen LogP contribution is -2.35. The van der Waals surface area contributed by atoms with Crippen molar-refractivity contribution in [2.45, 2.75) is 26.3 Å². The molecule has 1 aromatic rings. The summed E-state index contributed by atoms with van der Waals surface area (Å²) >= 11 is 9.34. The van der Waals surface area contributed by atoms with E-state index < -0.39 is 0 Å². The molecule has 0 bridgehead atoms. The highest BCUT2D eigenvalue weighted by atomic mass is 79.9. The smallest absolute Gasteiger partial charge is 0.251 e. The van der Waals surface area contributed by atoms with E-state index in [1.165, 1.54) is 0 Å². The van der Waals surface area contributed by atoms with Gasteiger partial charge >= 0.3 is 0 Å². The highest BCUT2D eigenvalue weighted by Gasteiger charge is 2.11. The molecule has 0 aromatic heterocycles. The van der Waals surface area contributed by atoms with Crippen molar-refractivity contribution >= 4 is 33.4 Å². The Hall–Kier alpha value is -0.540. The zero-order valence-corrected chi connectivity index (χ0v) is 11.7. The van der Waals surface area contributed by atoms with Gasteiger partial charge in [-0.1, -0.05) is 40.5 Å². The number of halogens is 2. The number of carbonyl (C=O) groups is 1. The van der Waals surface area contributed by atoms with E-state index in [4.69, 9.17) is 11.6 Å². The van der Waals surface area contributed by atoms with Crippen molar-refractivity contribution in [1.29, 1.82) is 0 Å². The quantitative estimate of drug-likeness (QED) is 0.847. The molecule has 0 saturated heterocycles. The molecular formula is C12H15BrClNO. The van der Waals surface area contributed by atoms with Gasteiger partial charge in [0.1, 0.15) is 0 Å². The van der Waals surface area contributed by atoms with Crippen molar-refractivity contribution in [2.24, 2.45) is 0 Å². The third-order valence-electron chi connectivity index (χ3n) is 2.45. The molecule has 88 valence electrons. The number of hydrogen-bond acceptors (Lipinski definition) is 1. The lowest BCUT2D eigenvalue weighted by molar-refractivity contribution is 0.0940. The van der Waals surface area contributed by atoms with E-state index in [1.807, 2.05) is 19.9 Å². The molecule has 1 amide bonds. The molecule has 1 rings (SSSR count). The van der Waals surface area contributed by atoms with Gasteiger partial charge in [-0.3, -0.25) is 4.79 Å². The first-order valence-electron chi connectivity index (χ1n) is 5.21. The molecule has 0 heterocycles. The lowest BCUT2D eigenvalue weighted by atomic mass is 10.1. The Kier molecular flexibility index (Phi) is 5.29. The van der Waals surface area contributed by atoms with Gasteiger partial charge < -0.3 is 5.32 Å². The minimum absolute atomic E-state index is 0.0757. The number of amides is 1. The largest absolute Gasteiger partial charge is 0.348 e. The van der Waals surface area contributed by atoms with Crippen LogP contribution >= 0.6 is 27.5 Å². The maximum Gasteiger partial charge on any atom is 0.251 e. The molecule has 0 saturated carbocycles. The summed E-state index contributed by atoms with van der Waals surface area (Å²) in [6.45, 7) is 3.95. The van der Waals surface area contributed by atoms with Crippen LogP contribution in [0.1, 0.15) is 29.3 Å². The van der Waals surface area contributed by atoms with Crippen molar-refractivity contribution < 1.29 is 4.79 Å². The molecule has 0 radical (unpaired) electrons. The minimum atomic E-state index is -0.0757. The third kappa shape index (κ3) is 3.49. The van der Waals surface area contributed by atoms with Gasteiger partial charge in [-0.05, 0) is 31.0 Å². The van der Waals surface area contributed by atoms with Crippen LogP contribution in [0.3, 0.4) is 0 Å². The monoisotopic (exact) mass is 303 g/mol. The second-order valence-electron chi connectivity index (χ2n) is 3.70. The van der Waals surface area contributed by atoms with E-state index in [1.54, 1.807) is 12.1 Å². The Bertz CT molecular complexity index is 377. The SMILES string of the molecule is CCC(CBr)NC(=O)c1ccc(C)c(Cl)c1. The summed E-state index contributed by atoms with van der Waals surface area (Å²) in [6.07, 6.45) is 0.899. The van der Waals surface area contributed by atoms with Crippen molar-refractivity contribution in [3.63, 3.8) is 0 Å². The molecule has 1 unspecified atom stereocenters. The number of alkyl halides is 1. The van der Waals surface area contributed by atoms with Crippen LogP contribution in [0, 0.1) is 6.92 Å². The van der Waals surface area contributed by atoms with E-state index >= 15 is 0 Å². The van der Waals surface area contributed by atoms with Crippen molar-refractivity contribution in [3.8, 4) is 0 Å². The van der Waals surface area contributed by atoms with E-state index in [-0.39, 0.29) is 11.9 Å². The van der Waals surface area contributed by atoms with Crippen molar-refractivity contribution in [1.82, 2.24) is 5.32 Å². The maximum atomic E-state index is 11.8. The zero-order valence-electron chi connectivity index (χ0n) is 9.39. The molecule has 0 spiro atoms. The van der Waals surface area contributed by atoms with Gasteiger partial charge in [-0.25, -0.2) is 0 Å². The highest BCUT2D eigenvalue weighted by Crippen LogP contribution is 2.16. The Balaban J connectivity index is 2.76. The number of benzene rings is 1. The van der Waals surface area contributed by atoms with Gasteiger partial charge in [0, 0.05) is 22.0 Å². The Labute approximate surface area is 110 Å². The highest BCUT2D eigenvalue weighted by molar-refractivity contribution is 9.09. The van der Waals surface area contributed by atoms with Gasteiger partial charge in [0.05, 0.1) is 0 Å². The summed E-state index contributed by atoms with van der Waals surface area (Å²) in [5.74, 6) is -0.0757. The number of hydrogen-bond donors (Lipinski definition) is 1. The Morgan fingerprint density at radius 1 is 1.56 bits per heavy atom. The molecule has 0 aliphatic carbocycles. The zero-order chi connectivity index (χ0) is 12.1. The molecule has 1 atom stereocenters. The van der Waals surface area contributed by atoms with Crippen LogP contribution in [0.25, 0.3) is 0 Å². The Morgan fingerprint density at radius 3 is 2.75 bits per heavy atom. The molecular weight excluding hydrogens is 289 g/mol. The van der Waals surface area contributed by atoms with Crippen molar-refractivity contribution in [2.75, 3.05) is 5.33 Å². The Morgan fingerprint density at radius 2 is 2.25 bits per heavy atom. The molecule has 16 heavy (non-hydrogen) atoms. The second kappa shape index (κ2) is 6.26. The second-order valence-corrected chi connectivity index (χ2v) is 4.75. The molecule has 4 heteroatoms. The predicted molar refractivity (Wildman–Crippen MR) is 71.5 cm³/mol. The molecule has 2 nitrogen and oxygen atoms in total. The van der Waals surface area contributed by atoms with Crippen LogP contribution in [-0.4, -0.2) is 17.3 Å². The molecule has 1 N–H and O–H groups in total. The van der Waals surface area contributed by atoms with E-state index in [0.29, 0.717) is 10.6 Å². The number of aryl methyl sites for hydroxylation is 1. The fraction of sp³-hybridized carbons (Fsp3) is 0.417. The summed E-state index contributed by atoms with van der Waals surface area (Å²) < 4.78 is 0. The summed E-state index contributed by atoms with van der Waals surface area (Å²) in [7, 11) is 0. The first kappa shape index (κ1) is 13.5. The first-order valence-corrected chi connectivity index (χ1v) is 6.71. The molecule has 1 aromatic carbocycles. The number of carbonyl (C=O) groups excluding carboxylic acids is 1. The van der Waals surface area contributed by atoms with Gasteiger partial charge in [-0.2, -0.15) is 0 Å². The topological polar surface area (TPSA) is 29.1 Å². The lowest BCUT2D eigenvalue weighted by Gasteiger charge is -2.14. The van der Waals surface area contributed by atoms with Gasteiger partial charge in [0.15, 0.2) is 0 Å². The molecule has 0 aliphatic rings. The average Bonchev–Trinajstić information content (AvgIpc) is 2.29.